The lowest BCUT2D eigenvalue weighted by Crippen LogP contribution is -2.39. The van der Waals surface area contributed by atoms with Crippen LogP contribution in [0, 0.1) is 6.92 Å². The predicted octanol–water partition coefficient (Wildman–Crippen LogP) is 2.55. The Kier molecular flexibility index (Phi) is 7.87. The third-order valence-electron chi connectivity index (χ3n) is 4.60. The van der Waals surface area contributed by atoms with Crippen LogP contribution in [0.2, 0.25) is 0 Å². The lowest BCUT2D eigenvalue weighted by atomic mass is 10.1. The van der Waals surface area contributed by atoms with Crippen molar-refractivity contribution >= 4 is 5.96 Å². The summed E-state index contributed by atoms with van der Waals surface area (Å²) in [7, 11) is 1.77. The molecule has 2 heterocycles. The molecule has 1 aliphatic heterocycles. The van der Waals surface area contributed by atoms with Gasteiger partial charge in [-0.15, -0.1) is 0 Å². The van der Waals surface area contributed by atoms with E-state index in [4.69, 9.17) is 13.9 Å². The van der Waals surface area contributed by atoms with Crippen LogP contribution in [0.15, 0.2) is 39.9 Å². The van der Waals surface area contributed by atoms with Crippen molar-refractivity contribution < 1.29 is 13.9 Å². The van der Waals surface area contributed by atoms with E-state index >= 15 is 0 Å². The highest BCUT2D eigenvalue weighted by Gasteiger charge is 2.15. The van der Waals surface area contributed by atoms with Crippen LogP contribution in [-0.2, 0) is 15.9 Å². The number of oxazole rings is 1. The Hall–Kier alpha value is -2.38. The van der Waals surface area contributed by atoms with Gasteiger partial charge in [-0.3, -0.25) is 4.99 Å². The SMILES string of the molecule is CN=C(NCCCOC1CCOC1)NCCc1coc(-c2ccc(C)cc2)n1. The molecule has 2 N–H and O–H groups in total. The number of benzene rings is 1. The van der Waals surface area contributed by atoms with Crippen LogP contribution in [0.5, 0.6) is 0 Å². The van der Waals surface area contributed by atoms with Gasteiger partial charge in [0.05, 0.1) is 18.4 Å². The van der Waals surface area contributed by atoms with Crippen molar-refractivity contribution in [2.45, 2.75) is 32.3 Å². The van der Waals surface area contributed by atoms with Crippen molar-refractivity contribution in [3.63, 3.8) is 0 Å². The summed E-state index contributed by atoms with van der Waals surface area (Å²) in [6.45, 7) is 5.89. The lowest BCUT2D eigenvalue weighted by molar-refractivity contribution is 0.0420. The Balaban J connectivity index is 1.32. The monoisotopic (exact) mass is 386 g/mol. The molecule has 0 spiro atoms. The Morgan fingerprint density at radius 2 is 2.07 bits per heavy atom. The summed E-state index contributed by atoms with van der Waals surface area (Å²) in [4.78, 5) is 8.81. The first-order valence-corrected chi connectivity index (χ1v) is 9.90. The molecular weight excluding hydrogens is 356 g/mol. The Morgan fingerprint density at radius 3 is 2.82 bits per heavy atom. The molecule has 1 atom stereocenters. The number of nitrogens with zero attached hydrogens (tertiary/aromatic N) is 2. The molecule has 7 nitrogen and oxygen atoms in total. The van der Waals surface area contributed by atoms with Gasteiger partial charge in [0, 0.05) is 45.3 Å². The highest BCUT2D eigenvalue weighted by Crippen LogP contribution is 2.19. The van der Waals surface area contributed by atoms with Crippen molar-refractivity contribution in [3.8, 4) is 11.5 Å². The molecule has 1 aliphatic rings. The molecule has 1 unspecified atom stereocenters. The van der Waals surface area contributed by atoms with Crippen molar-refractivity contribution in [1.29, 1.82) is 0 Å². The second-order valence-electron chi connectivity index (χ2n) is 6.90. The maximum Gasteiger partial charge on any atom is 0.226 e. The molecular formula is C21H30N4O3. The second-order valence-corrected chi connectivity index (χ2v) is 6.90. The lowest BCUT2D eigenvalue weighted by Gasteiger charge is -2.12. The predicted molar refractivity (Wildman–Crippen MR) is 110 cm³/mol. The van der Waals surface area contributed by atoms with Gasteiger partial charge in [0.2, 0.25) is 5.89 Å². The zero-order valence-electron chi connectivity index (χ0n) is 16.7. The second kappa shape index (κ2) is 10.8. The molecule has 1 aromatic heterocycles. The normalized spacial score (nSPS) is 17.1. The van der Waals surface area contributed by atoms with E-state index < -0.39 is 0 Å². The highest BCUT2D eigenvalue weighted by atomic mass is 16.5. The van der Waals surface area contributed by atoms with Gasteiger partial charge in [-0.2, -0.15) is 0 Å². The van der Waals surface area contributed by atoms with Gasteiger partial charge >= 0.3 is 0 Å². The van der Waals surface area contributed by atoms with Crippen LogP contribution in [-0.4, -0.2) is 57.0 Å². The van der Waals surface area contributed by atoms with Crippen molar-refractivity contribution in [2.75, 3.05) is 40.0 Å². The molecule has 0 amide bonds. The average molecular weight is 386 g/mol. The summed E-state index contributed by atoms with van der Waals surface area (Å²) >= 11 is 0. The van der Waals surface area contributed by atoms with E-state index in [1.54, 1.807) is 13.3 Å². The zero-order valence-corrected chi connectivity index (χ0v) is 16.7. The van der Waals surface area contributed by atoms with Gasteiger partial charge in [0.25, 0.3) is 0 Å². The summed E-state index contributed by atoms with van der Waals surface area (Å²) in [6.07, 6.45) is 4.69. The number of guanidine groups is 1. The van der Waals surface area contributed by atoms with E-state index in [1.807, 2.05) is 12.1 Å². The van der Waals surface area contributed by atoms with Crippen molar-refractivity contribution in [2.24, 2.45) is 4.99 Å². The van der Waals surface area contributed by atoms with Crippen LogP contribution >= 0.6 is 0 Å². The van der Waals surface area contributed by atoms with Crippen LogP contribution in [0.4, 0.5) is 0 Å². The van der Waals surface area contributed by atoms with Crippen LogP contribution in [0.1, 0.15) is 24.1 Å². The van der Waals surface area contributed by atoms with E-state index in [1.165, 1.54) is 5.56 Å². The number of hydrogen-bond donors (Lipinski definition) is 2. The fraction of sp³-hybridized carbons (Fsp3) is 0.524. The van der Waals surface area contributed by atoms with Gasteiger partial charge in [-0.25, -0.2) is 4.98 Å². The minimum atomic E-state index is 0.268. The molecule has 3 rings (SSSR count). The molecule has 1 aromatic carbocycles. The zero-order chi connectivity index (χ0) is 19.6. The molecule has 1 fully saturated rings. The highest BCUT2D eigenvalue weighted by molar-refractivity contribution is 5.79. The Labute approximate surface area is 166 Å². The number of aliphatic imine (C=N–C) groups is 1. The molecule has 7 heteroatoms. The van der Waals surface area contributed by atoms with Gasteiger partial charge in [0.1, 0.15) is 6.26 Å². The summed E-state index contributed by atoms with van der Waals surface area (Å²) in [6, 6.07) is 8.17. The standard InChI is InChI=1S/C21H30N4O3/c1-16-4-6-17(7-5-16)20-25-18(14-28-20)8-11-24-21(22-2)23-10-3-12-27-19-9-13-26-15-19/h4-7,14,19H,3,8-13,15H2,1-2H3,(H2,22,23,24). The summed E-state index contributed by atoms with van der Waals surface area (Å²) in [5.74, 6) is 1.44. The molecule has 0 radical (unpaired) electrons. The molecule has 0 bridgehead atoms. The number of aromatic nitrogens is 1. The van der Waals surface area contributed by atoms with Crippen molar-refractivity contribution in [1.82, 2.24) is 15.6 Å². The van der Waals surface area contributed by atoms with Crippen LogP contribution in [0.25, 0.3) is 11.5 Å². The average Bonchev–Trinajstić information content (AvgIpc) is 3.39. The van der Waals surface area contributed by atoms with E-state index in [2.05, 4.69) is 39.7 Å². The third-order valence-corrected chi connectivity index (χ3v) is 4.60. The fourth-order valence-corrected chi connectivity index (χ4v) is 2.95. The minimum Gasteiger partial charge on any atom is -0.444 e. The number of hydrogen-bond acceptors (Lipinski definition) is 5. The Bertz CT molecular complexity index is 736. The first-order chi connectivity index (χ1) is 13.7. The summed E-state index contributed by atoms with van der Waals surface area (Å²) < 4.78 is 16.7. The van der Waals surface area contributed by atoms with E-state index in [0.717, 1.165) is 69.4 Å². The van der Waals surface area contributed by atoms with Crippen LogP contribution in [0.3, 0.4) is 0 Å². The largest absolute Gasteiger partial charge is 0.444 e. The topological polar surface area (TPSA) is 80.9 Å². The van der Waals surface area contributed by atoms with E-state index in [9.17, 15) is 0 Å². The van der Waals surface area contributed by atoms with E-state index in [0.29, 0.717) is 5.89 Å². The van der Waals surface area contributed by atoms with Gasteiger partial charge in [-0.05, 0) is 31.9 Å². The molecule has 1 saturated heterocycles. The first kappa shape index (κ1) is 20.4. The molecule has 0 aliphatic carbocycles. The molecule has 0 saturated carbocycles. The third kappa shape index (κ3) is 6.35. The maximum atomic E-state index is 5.76. The Morgan fingerprint density at radius 1 is 1.25 bits per heavy atom. The van der Waals surface area contributed by atoms with Gasteiger partial charge in [0.15, 0.2) is 5.96 Å². The molecule has 28 heavy (non-hydrogen) atoms. The maximum absolute atomic E-state index is 5.76. The minimum absolute atomic E-state index is 0.268. The summed E-state index contributed by atoms with van der Waals surface area (Å²) in [5.41, 5.74) is 3.14. The molecule has 152 valence electrons. The fourth-order valence-electron chi connectivity index (χ4n) is 2.95. The van der Waals surface area contributed by atoms with Crippen molar-refractivity contribution in [3.05, 3.63) is 41.8 Å². The van der Waals surface area contributed by atoms with Crippen LogP contribution < -0.4 is 10.6 Å². The smallest absolute Gasteiger partial charge is 0.226 e. The first-order valence-electron chi connectivity index (χ1n) is 9.90. The van der Waals surface area contributed by atoms with E-state index in [-0.39, 0.29) is 6.10 Å². The van der Waals surface area contributed by atoms with Gasteiger partial charge in [-0.1, -0.05) is 17.7 Å². The number of nitrogens with one attached hydrogen (secondary N) is 2. The quantitative estimate of drug-likeness (QED) is 0.392. The van der Waals surface area contributed by atoms with Gasteiger partial charge < -0.3 is 24.5 Å². The molecule has 2 aromatic rings. The number of aryl methyl sites for hydroxylation is 1. The summed E-state index contributed by atoms with van der Waals surface area (Å²) in [5, 5.41) is 6.60. The number of ether oxygens (including phenoxy) is 2. The number of rotatable bonds is 9.